The molecule has 0 radical (unpaired) electrons. The van der Waals surface area contributed by atoms with Crippen molar-refractivity contribution in [2.45, 2.75) is 43.8 Å². The minimum absolute atomic E-state index is 0.00752. The summed E-state index contributed by atoms with van der Waals surface area (Å²) in [6, 6.07) is 3.33. The van der Waals surface area contributed by atoms with Crippen molar-refractivity contribution in [3.8, 4) is 5.75 Å². The Labute approximate surface area is 209 Å². The monoisotopic (exact) mass is 549 g/mol. The Bertz CT molecular complexity index is 1370. The lowest BCUT2D eigenvalue weighted by atomic mass is 9.76. The summed E-state index contributed by atoms with van der Waals surface area (Å²) in [5.41, 5.74) is -2.54. The van der Waals surface area contributed by atoms with Crippen LogP contribution in [0.4, 0.5) is 33.5 Å². The van der Waals surface area contributed by atoms with Gasteiger partial charge in [-0.3, -0.25) is 4.72 Å². The molecular formula is C23H24F5N3O5S. The van der Waals surface area contributed by atoms with Crippen LogP contribution in [0.25, 0.3) is 0 Å². The van der Waals surface area contributed by atoms with Crippen LogP contribution in [0, 0.1) is 17.6 Å². The number of nitrogens with zero attached hydrogens (tertiary/aromatic N) is 1. The largest absolute Gasteiger partial charge is 0.493 e. The Balaban J connectivity index is 1.84. The summed E-state index contributed by atoms with van der Waals surface area (Å²) in [5, 5.41) is 13.8. The number of pyridine rings is 1. The molecule has 1 aromatic heterocycles. The molecular weight excluding hydrogens is 525 g/mol. The molecule has 4 rings (SSSR count). The highest BCUT2D eigenvalue weighted by Crippen LogP contribution is 2.57. The zero-order valence-corrected chi connectivity index (χ0v) is 20.8. The van der Waals surface area contributed by atoms with E-state index < -0.39 is 63.2 Å². The van der Waals surface area contributed by atoms with E-state index in [4.69, 9.17) is 9.47 Å². The molecule has 1 fully saturated rings. The maximum absolute atomic E-state index is 14.6. The molecule has 0 saturated carbocycles. The predicted octanol–water partition coefficient (Wildman–Crippen LogP) is 4.22. The number of ether oxygens (including phenoxy) is 2. The number of halogens is 5. The summed E-state index contributed by atoms with van der Waals surface area (Å²) in [6.07, 6.45) is -4.45. The van der Waals surface area contributed by atoms with Gasteiger partial charge in [0.05, 0.1) is 18.9 Å². The number of hydrogen-bond donors (Lipinski definition) is 3. The van der Waals surface area contributed by atoms with Gasteiger partial charge in [0.1, 0.15) is 18.0 Å². The number of aliphatic hydroxyl groups excluding tert-OH is 1. The number of fused-ring (bicyclic) bond motifs is 1. The van der Waals surface area contributed by atoms with Gasteiger partial charge in [-0.05, 0) is 25.1 Å². The maximum atomic E-state index is 14.6. The molecule has 202 valence electrons. The fraction of sp³-hybridized carbons (Fsp3) is 0.435. The van der Waals surface area contributed by atoms with Gasteiger partial charge in [-0.25, -0.2) is 17.8 Å². The number of alkyl halides is 3. The first kappa shape index (κ1) is 27.1. The van der Waals surface area contributed by atoms with Gasteiger partial charge in [0.25, 0.3) is 0 Å². The quantitative estimate of drug-likeness (QED) is 0.479. The van der Waals surface area contributed by atoms with Gasteiger partial charge in [0.15, 0.2) is 17.2 Å². The Morgan fingerprint density at radius 2 is 1.92 bits per heavy atom. The third kappa shape index (κ3) is 4.61. The molecule has 1 saturated heterocycles. The van der Waals surface area contributed by atoms with Crippen molar-refractivity contribution in [3.63, 3.8) is 0 Å². The van der Waals surface area contributed by atoms with Gasteiger partial charge in [-0.15, -0.1) is 0 Å². The van der Waals surface area contributed by atoms with Crippen LogP contribution in [-0.2, 0) is 14.8 Å². The molecule has 2 aliphatic rings. The molecule has 1 unspecified atom stereocenters. The van der Waals surface area contributed by atoms with E-state index >= 15 is 0 Å². The molecule has 2 aliphatic heterocycles. The summed E-state index contributed by atoms with van der Waals surface area (Å²) in [6.45, 7) is 2.15. The van der Waals surface area contributed by atoms with Crippen molar-refractivity contribution >= 4 is 21.5 Å². The van der Waals surface area contributed by atoms with Crippen LogP contribution in [0.3, 0.4) is 0 Å². The van der Waals surface area contributed by atoms with Crippen LogP contribution in [0.15, 0.2) is 36.2 Å². The molecule has 0 bridgehead atoms. The van der Waals surface area contributed by atoms with Crippen LogP contribution in [-0.4, -0.2) is 49.8 Å². The smallest absolute Gasteiger partial charge is 0.417 e. The number of anilines is 2. The average Bonchev–Trinajstić information content (AvgIpc) is 3.06. The van der Waals surface area contributed by atoms with E-state index in [2.05, 4.69) is 15.0 Å². The molecule has 5 atom stereocenters. The zero-order valence-electron chi connectivity index (χ0n) is 20.0. The van der Waals surface area contributed by atoms with Gasteiger partial charge < -0.3 is 19.9 Å². The van der Waals surface area contributed by atoms with Gasteiger partial charge in [-0.2, -0.15) is 17.6 Å². The summed E-state index contributed by atoms with van der Waals surface area (Å²) < 4.78 is 107. The SMILES string of the molecule is COc1c([C@H]2[C@H](C3=CC(O)c4c(ccnc4NS(C)(=O)=O)N3)O[C@@](C)(C(F)(F)F)[C@H]2C)ccc(F)c1F. The molecule has 14 heteroatoms. The Kier molecular flexibility index (Phi) is 6.66. The molecule has 3 heterocycles. The molecule has 0 spiro atoms. The molecule has 0 amide bonds. The normalized spacial score (nSPS) is 27.8. The molecule has 1 aromatic carbocycles. The first-order chi connectivity index (χ1) is 17.1. The second-order valence-electron chi connectivity index (χ2n) is 9.13. The fourth-order valence-corrected chi connectivity index (χ4v) is 5.35. The third-order valence-corrected chi connectivity index (χ3v) is 7.37. The molecule has 3 N–H and O–H groups in total. The number of hydrogen-bond acceptors (Lipinski definition) is 7. The number of methoxy groups -OCH3 is 1. The van der Waals surface area contributed by atoms with E-state index in [9.17, 15) is 35.5 Å². The Morgan fingerprint density at radius 1 is 1.24 bits per heavy atom. The van der Waals surface area contributed by atoms with Gasteiger partial charge >= 0.3 is 6.18 Å². The van der Waals surface area contributed by atoms with Crippen molar-refractivity contribution < 1.29 is 45.0 Å². The lowest BCUT2D eigenvalue weighted by Gasteiger charge is -2.32. The van der Waals surface area contributed by atoms with Crippen molar-refractivity contribution in [1.29, 1.82) is 0 Å². The Hall–Kier alpha value is -2.97. The standard InChI is InChI=1S/C23H24F5N3O5S/c1-10-16(11-5-6-12(24)18(25)19(11)35-3)20(36-22(10,2)23(26,27)28)14-9-15(32)17-13(30-14)7-8-29-21(17)31-37(4,33)34/h5-10,15-16,20,30,32H,1-4H3,(H,29,31)/t10-,15?,16-,20-,22+/m0/s1. The summed E-state index contributed by atoms with van der Waals surface area (Å²) in [4.78, 5) is 3.93. The van der Waals surface area contributed by atoms with E-state index in [1.165, 1.54) is 19.2 Å². The van der Waals surface area contributed by atoms with Gasteiger partial charge in [0, 0.05) is 35.0 Å². The van der Waals surface area contributed by atoms with Crippen LogP contribution in [0.2, 0.25) is 0 Å². The van der Waals surface area contributed by atoms with Crippen molar-refractivity contribution in [1.82, 2.24) is 4.98 Å². The van der Waals surface area contributed by atoms with E-state index in [-0.39, 0.29) is 28.3 Å². The summed E-state index contributed by atoms with van der Waals surface area (Å²) in [7, 11) is -2.69. The van der Waals surface area contributed by atoms with Crippen LogP contribution in [0.5, 0.6) is 5.75 Å². The minimum Gasteiger partial charge on any atom is -0.493 e. The van der Waals surface area contributed by atoms with Crippen LogP contribution < -0.4 is 14.8 Å². The maximum Gasteiger partial charge on any atom is 0.417 e. The van der Waals surface area contributed by atoms with Crippen molar-refractivity contribution in [2.24, 2.45) is 5.92 Å². The zero-order chi connectivity index (χ0) is 27.5. The molecule has 2 aromatic rings. The summed E-state index contributed by atoms with van der Waals surface area (Å²) >= 11 is 0. The number of aliphatic hydroxyl groups is 1. The number of sulfonamides is 1. The number of rotatable bonds is 5. The van der Waals surface area contributed by atoms with Crippen LogP contribution >= 0.6 is 0 Å². The van der Waals surface area contributed by atoms with Crippen molar-refractivity contribution in [2.75, 3.05) is 23.4 Å². The van der Waals surface area contributed by atoms with Crippen LogP contribution in [0.1, 0.15) is 37.0 Å². The third-order valence-electron chi connectivity index (χ3n) is 6.80. The number of nitrogens with one attached hydrogen (secondary N) is 2. The number of benzene rings is 1. The average molecular weight is 550 g/mol. The molecule has 0 aliphatic carbocycles. The second-order valence-corrected chi connectivity index (χ2v) is 10.9. The van der Waals surface area contributed by atoms with E-state index in [0.29, 0.717) is 0 Å². The van der Waals surface area contributed by atoms with Gasteiger partial charge in [-0.1, -0.05) is 13.0 Å². The van der Waals surface area contributed by atoms with E-state index in [1.807, 2.05) is 0 Å². The molecule has 37 heavy (non-hydrogen) atoms. The number of aromatic nitrogens is 1. The highest BCUT2D eigenvalue weighted by Gasteiger charge is 2.65. The lowest BCUT2D eigenvalue weighted by molar-refractivity contribution is -0.272. The lowest BCUT2D eigenvalue weighted by Crippen LogP contribution is -2.47. The topological polar surface area (TPSA) is 110 Å². The van der Waals surface area contributed by atoms with E-state index in [1.54, 1.807) is 0 Å². The summed E-state index contributed by atoms with van der Waals surface area (Å²) in [5.74, 6) is -5.82. The second kappa shape index (κ2) is 9.10. The Morgan fingerprint density at radius 3 is 2.51 bits per heavy atom. The minimum atomic E-state index is -4.84. The first-order valence-electron chi connectivity index (χ1n) is 11.0. The first-order valence-corrected chi connectivity index (χ1v) is 12.9. The highest BCUT2D eigenvalue weighted by atomic mass is 32.2. The highest BCUT2D eigenvalue weighted by molar-refractivity contribution is 7.92. The van der Waals surface area contributed by atoms with E-state index in [0.717, 1.165) is 38.5 Å². The predicted molar refractivity (Wildman–Crippen MR) is 124 cm³/mol. The molecule has 8 nitrogen and oxygen atoms in total. The van der Waals surface area contributed by atoms with Gasteiger partial charge in [0.2, 0.25) is 15.8 Å². The fourth-order valence-electron chi connectivity index (χ4n) is 4.84. The van der Waals surface area contributed by atoms with Crippen molar-refractivity contribution in [3.05, 3.63) is 58.9 Å².